The predicted octanol–water partition coefficient (Wildman–Crippen LogP) is 8.64. The maximum absolute atomic E-state index is 13.6. The molecule has 0 saturated carbocycles. The van der Waals surface area contributed by atoms with Crippen molar-refractivity contribution in [2.75, 3.05) is 0 Å². The van der Waals surface area contributed by atoms with Gasteiger partial charge in [0, 0.05) is 22.0 Å². The summed E-state index contributed by atoms with van der Waals surface area (Å²) in [5.74, 6) is 0.351. The molecule has 0 radical (unpaired) electrons. The lowest BCUT2D eigenvalue weighted by atomic mass is 10.1. The summed E-state index contributed by atoms with van der Waals surface area (Å²) in [6.45, 7) is 0.0690. The van der Waals surface area contributed by atoms with Crippen LogP contribution in [0, 0.1) is 10.1 Å². The molecule has 220 valence electrons. The molecule has 0 spiro atoms. The van der Waals surface area contributed by atoms with Crippen molar-refractivity contribution in [3.05, 3.63) is 145 Å². The summed E-state index contributed by atoms with van der Waals surface area (Å²) in [6, 6.07) is 30.1. The number of para-hydroxylation sites is 1. The molecule has 0 aliphatic rings. The molecule has 0 atom stereocenters. The van der Waals surface area contributed by atoms with Crippen LogP contribution in [0.3, 0.4) is 0 Å². The molecule has 0 N–H and O–H groups in total. The Bertz CT molecular complexity index is 2380. The zero-order chi connectivity index (χ0) is 31.1. The van der Waals surface area contributed by atoms with E-state index in [1.165, 1.54) is 18.3 Å². The molecule has 7 rings (SSSR count). The number of fused-ring (bicyclic) bond motifs is 3. The number of aromatic nitrogens is 2. The number of hydrogen-bond acceptors (Lipinski definition) is 7. The minimum atomic E-state index is -0.573. The number of nitro groups is 1. The highest BCUT2D eigenvalue weighted by Gasteiger charge is 2.22. The quantitative estimate of drug-likeness (QED) is 0.0985. The van der Waals surface area contributed by atoms with Gasteiger partial charge in [0.15, 0.2) is 5.76 Å². The first-order valence-electron chi connectivity index (χ1n) is 13.7. The SMILES string of the molecule is O=c1c2ccccc2nc(-c2cc3cc(Cl)ccc3o2)n1N=Cc1cc(Cl)c(OCc2cccc3ccccc23)c([N+](=O)[O-])c1. The van der Waals surface area contributed by atoms with Crippen LogP contribution in [-0.4, -0.2) is 20.8 Å². The normalized spacial score (nSPS) is 11.6. The van der Waals surface area contributed by atoms with Crippen molar-refractivity contribution in [1.29, 1.82) is 0 Å². The highest BCUT2D eigenvalue weighted by Crippen LogP contribution is 2.37. The highest BCUT2D eigenvalue weighted by molar-refractivity contribution is 6.32. The van der Waals surface area contributed by atoms with Crippen LogP contribution in [0.5, 0.6) is 5.75 Å². The molecule has 0 fully saturated rings. The second kappa shape index (κ2) is 11.5. The Balaban J connectivity index is 1.28. The first-order valence-corrected chi connectivity index (χ1v) is 14.4. The molecule has 0 saturated heterocycles. The fourth-order valence-electron chi connectivity index (χ4n) is 5.16. The van der Waals surface area contributed by atoms with Gasteiger partial charge in [-0.05, 0) is 58.8 Å². The van der Waals surface area contributed by atoms with Crippen molar-refractivity contribution in [2.24, 2.45) is 5.10 Å². The molecule has 2 aromatic heterocycles. The maximum Gasteiger partial charge on any atom is 0.313 e. The number of furan rings is 1. The van der Waals surface area contributed by atoms with E-state index in [1.807, 2.05) is 42.5 Å². The Morgan fingerprint density at radius 2 is 1.69 bits per heavy atom. The first kappa shape index (κ1) is 28.3. The van der Waals surface area contributed by atoms with Crippen molar-refractivity contribution >= 4 is 67.7 Å². The molecule has 0 aliphatic carbocycles. The van der Waals surface area contributed by atoms with E-state index in [0.29, 0.717) is 21.5 Å². The number of nitrogens with zero attached hydrogens (tertiary/aromatic N) is 4. The van der Waals surface area contributed by atoms with Crippen LogP contribution < -0.4 is 10.3 Å². The smallest absolute Gasteiger partial charge is 0.313 e. The number of halogens is 2. The molecule has 0 amide bonds. The Morgan fingerprint density at radius 3 is 2.53 bits per heavy atom. The Hall–Kier alpha value is -5.51. The van der Waals surface area contributed by atoms with Gasteiger partial charge in [-0.2, -0.15) is 9.78 Å². The summed E-state index contributed by atoms with van der Waals surface area (Å²) in [4.78, 5) is 29.8. The third-order valence-corrected chi connectivity index (χ3v) is 7.79. The summed E-state index contributed by atoms with van der Waals surface area (Å²) < 4.78 is 13.0. The molecular formula is C34H20Cl2N4O5. The number of rotatable bonds is 7. The van der Waals surface area contributed by atoms with Crippen molar-refractivity contribution in [2.45, 2.75) is 6.61 Å². The summed E-state index contributed by atoms with van der Waals surface area (Å²) in [5.41, 5.74) is 1.32. The average Bonchev–Trinajstić information content (AvgIpc) is 3.46. The van der Waals surface area contributed by atoms with Gasteiger partial charge in [-0.15, -0.1) is 0 Å². The number of hydrogen-bond donors (Lipinski definition) is 0. The largest absolute Gasteiger partial charge is 0.481 e. The van der Waals surface area contributed by atoms with E-state index in [1.54, 1.807) is 48.5 Å². The van der Waals surface area contributed by atoms with Gasteiger partial charge in [0.1, 0.15) is 12.2 Å². The Kier molecular flexibility index (Phi) is 7.25. The summed E-state index contributed by atoms with van der Waals surface area (Å²) in [5, 5.41) is 20.1. The topological polar surface area (TPSA) is 113 Å². The standard InChI is InChI=1S/C34H20Cl2N4O5/c35-24-12-13-30-23(16-24)17-31(45-30)33-38-28-11-4-3-10-26(28)34(41)39(33)37-18-20-14-27(36)32(29(15-20)40(42)43)44-19-22-8-5-7-21-6-1-2-9-25(21)22/h1-18H,19H2. The van der Waals surface area contributed by atoms with E-state index in [2.05, 4.69) is 10.1 Å². The van der Waals surface area contributed by atoms with Crippen LogP contribution in [0.4, 0.5) is 5.69 Å². The zero-order valence-corrected chi connectivity index (χ0v) is 24.7. The molecule has 0 aliphatic heterocycles. The van der Waals surface area contributed by atoms with Crippen molar-refractivity contribution in [1.82, 2.24) is 9.66 Å². The first-order chi connectivity index (χ1) is 21.9. The van der Waals surface area contributed by atoms with Gasteiger partial charge in [-0.25, -0.2) is 4.98 Å². The number of ether oxygens (including phenoxy) is 1. The van der Waals surface area contributed by atoms with Crippen molar-refractivity contribution in [3.8, 4) is 17.3 Å². The van der Waals surface area contributed by atoms with E-state index in [0.717, 1.165) is 26.4 Å². The van der Waals surface area contributed by atoms with Crippen molar-refractivity contribution < 1.29 is 14.1 Å². The molecule has 0 unspecified atom stereocenters. The van der Waals surface area contributed by atoms with Gasteiger partial charge < -0.3 is 9.15 Å². The highest BCUT2D eigenvalue weighted by atomic mass is 35.5. The second-order valence-corrected chi connectivity index (χ2v) is 11.0. The van der Waals surface area contributed by atoms with Crippen LogP contribution in [0.25, 0.3) is 44.2 Å². The molecule has 11 heteroatoms. The zero-order valence-electron chi connectivity index (χ0n) is 23.2. The minimum Gasteiger partial charge on any atom is -0.481 e. The van der Waals surface area contributed by atoms with Crippen LogP contribution in [0.1, 0.15) is 11.1 Å². The van der Waals surface area contributed by atoms with Gasteiger partial charge in [0.25, 0.3) is 5.56 Å². The molecule has 2 heterocycles. The Labute approximate surface area is 264 Å². The van der Waals surface area contributed by atoms with E-state index >= 15 is 0 Å². The summed E-state index contributed by atoms with van der Waals surface area (Å²) >= 11 is 12.7. The van der Waals surface area contributed by atoms with Gasteiger partial charge in [-0.1, -0.05) is 77.8 Å². The van der Waals surface area contributed by atoms with Crippen LogP contribution >= 0.6 is 23.2 Å². The molecule has 45 heavy (non-hydrogen) atoms. The predicted molar refractivity (Wildman–Crippen MR) is 176 cm³/mol. The molecule has 5 aromatic carbocycles. The van der Waals surface area contributed by atoms with E-state index in [9.17, 15) is 14.9 Å². The minimum absolute atomic E-state index is 0.0178. The third kappa shape index (κ3) is 5.39. The second-order valence-electron chi connectivity index (χ2n) is 10.1. The third-order valence-electron chi connectivity index (χ3n) is 7.27. The lowest BCUT2D eigenvalue weighted by molar-refractivity contribution is -0.385. The maximum atomic E-state index is 13.6. The number of nitro benzene ring substituents is 1. The molecule has 7 aromatic rings. The fourth-order valence-corrected chi connectivity index (χ4v) is 5.62. The van der Waals surface area contributed by atoms with Crippen LogP contribution in [-0.2, 0) is 6.61 Å². The summed E-state index contributed by atoms with van der Waals surface area (Å²) in [7, 11) is 0. The average molecular weight is 635 g/mol. The van der Waals surface area contributed by atoms with Gasteiger partial charge in [0.05, 0.1) is 27.1 Å². The van der Waals surface area contributed by atoms with Gasteiger partial charge in [0.2, 0.25) is 11.6 Å². The molecule has 0 bridgehead atoms. The summed E-state index contributed by atoms with van der Waals surface area (Å²) in [6.07, 6.45) is 1.30. The monoisotopic (exact) mass is 634 g/mol. The van der Waals surface area contributed by atoms with E-state index in [-0.39, 0.29) is 40.2 Å². The van der Waals surface area contributed by atoms with E-state index in [4.69, 9.17) is 32.4 Å². The van der Waals surface area contributed by atoms with Gasteiger partial charge >= 0.3 is 5.69 Å². The molecular weight excluding hydrogens is 615 g/mol. The lowest BCUT2D eigenvalue weighted by Gasteiger charge is -2.11. The molecule has 9 nitrogen and oxygen atoms in total. The number of benzene rings is 5. The van der Waals surface area contributed by atoms with Crippen molar-refractivity contribution in [3.63, 3.8) is 0 Å². The fraction of sp³-hybridized carbons (Fsp3) is 0.0294. The van der Waals surface area contributed by atoms with Gasteiger partial charge in [-0.3, -0.25) is 14.9 Å². The lowest BCUT2D eigenvalue weighted by Crippen LogP contribution is -2.20. The Morgan fingerprint density at radius 1 is 0.911 bits per heavy atom. The van der Waals surface area contributed by atoms with E-state index < -0.39 is 10.5 Å². The van der Waals surface area contributed by atoms with Crippen LogP contribution in [0.2, 0.25) is 10.0 Å². The van der Waals surface area contributed by atoms with Crippen LogP contribution in [0.15, 0.2) is 117 Å².